The van der Waals surface area contributed by atoms with E-state index in [1.165, 1.54) is 12.1 Å². The number of nitrogens with zero attached hydrogens (tertiary/aromatic N) is 3. The van der Waals surface area contributed by atoms with Crippen LogP contribution in [0.2, 0.25) is 0 Å². The molecule has 0 spiro atoms. The molecule has 0 aliphatic heterocycles. The Kier molecular flexibility index (Phi) is 4.79. The summed E-state index contributed by atoms with van der Waals surface area (Å²) in [4.78, 5) is 4.13. The molecule has 4 nitrogen and oxygen atoms in total. The largest absolute Gasteiger partial charge is 0.416 e. The number of hydrazone groups is 1. The fourth-order valence-electron chi connectivity index (χ4n) is 2.71. The van der Waals surface area contributed by atoms with Crippen LogP contribution in [0, 0.1) is 13.8 Å². The molecule has 3 aromatic rings. The number of rotatable bonds is 4. The molecule has 1 aromatic carbocycles. The van der Waals surface area contributed by atoms with Gasteiger partial charge in [-0.2, -0.15) is 18.3 Å². The fraction of sp³-hybridized carbons (Fsp3) is 0.158. The zero-order valence-electron chi connectivity index (χ0n) is 14.2. The summed E-state index contributed by atoms with van der Waals surface area (Å²) in [5.74, 6) is 0. The van der Waals surface area contributed by atoms with Crippen LogP contribution in [-0.2, 0) is 6.18 Å². The number of halogens is 3. The van der Waals surface area contributed by atoms with E-state index in [1.807, 2.05) is 32.0 Å². The summed E-state index contributed by atoms with van der Waals surface area (Å²) in [6.45, 7) is 3.96. The smallest absolute Gasteiger partial charge is 0.316 e. The van der Waals surface area contributed by atoms with Crippen LogP contribution in [0.25, 0.3) is 5.69 Å². The van der Waals surface area contributed by atoms with Crippen molar-refractivity contribution >= 4 is 11.9 Å². The Morgan fingerprint density at radius 2 is 1.85 bits per heavy atom. The summed E-state index contributed by atoms with van der Waals surface area (Å²) >= 11 is 0. The molecule has 0 aliphatic rings. The summed E-state index contributed by atoms with van der Waals surface area (Å²) in [5, 5.41) is 4.13. The molecule has 0 atom stereocenters. The van der Waals surface area contributed by atoms with Crippen molar-refractivity contribution in [1.82, 2.24) is 9.55 Å². The lowest BCUT2D eigenvalue weighted by atomic mass is 10.2. The predicted molar refractivity (Wildman–Crippen MR) is 95.7 cm³/mol. The third kappa shape index (κ3) is 3.77. The second-order valence-electron chi connectivity index (χ2n) is 5.82. The van der Waals surface area contributed by atoms with E-state index in [2.05, 4.69) is 20.1 Å². The van der Waals surface area contributed by atoms with Gasteiger partial charge in [0.2, 0.25) is 0 Å². The van der Waals surface area contributed by atoms with Crippen molar-refractivity contribution in [3.8, 4) is 5.69 Å². The summed E-state index contributed by atoms with van der Waals surface area (Å²) in [5.41, 5.74) is 6.43. The molecule has 2 heterocycles. The van der Waals surface area contributed by atoms with Crippen LogP contribution in [-0.4, -0.2) is 15.8 Å². The number of aryl methyl sites for hydroxylation is 1. The van der Waals surface area contributed by atoms with Crippen LogP contribution in [0.1, 0.15) is 22.5 Å². The molecule has 7 heteroatoms. The molecule has 0 saturated heterocycles. The highest BCUT2D eigenvalue weighted by atomic mass is 19.4. The van der Waals surface area contributed by atoms with Crippen molar-refractivity contribution in [3.63, 3.8) is 0 Å². The first kappa shape index (κ1) is 17.7. The highest BCUT2D eigenvalue weighted by Crippen LogP contribution is 2.29. The summed E-state index contributed by atoms with van der Waals surface area (Å²) in [7, 11) is 0. The zero-order chi connectivity index (χ0) is 18.7. The van der Waals surface area contributed by atoms with Gasteiger partial charge < -0.3 is 4.57 Å². The van der Waals surface area contributed by atoms with Gasteiger partial charge in [-0.05, 0) is 56.3 Å². The first-order valence-electron chi connectivity index (χ1n) is 7.92. The quantitative estimate of drug-likeness (QED) is 0.529. The van der Waals surface area contributed by atoms with Gasteiger partial charge in [0.1, 0.15) is 0 Å². The Morgan fingerprint density at radius 3 is 2.46 bits per heavy atom. The minimum Gasteiger partial charge on any atom is -0.316 e. The van der Waals surface area contributed by atoms with Gasteiger partial charge >= 0.3 is 6.18 Å². The third-order valence-electron chi connectivity index (χ3n) is 3.98. The van der Waals surface area contributed by atoms with Crippen LogP contribution in [0.4, 0.5) is 18.9 Å². The zero-order valence-corrected chi connectivity index (χ0v) is 14.2. The number of hydrogen-bond acceptors (Lipinski definition) is 3. The SMILES string of the molecule is Cc1cc(/C=N/Nc2ccc(C(F)(F)F)cc2)c(C)n1-c1cccnc1. The van der Waals surface area contributed by atoms with Crippen LogP contribution < -0.4 is 5.43 Å². The van der Waals surface area contributed by atoms with E-state index in [1.54, 1.807) is 18.6 Å². The van der Waals surface area contributed by atoms with Gasteiger partial charge in [-0.3, -0.25) is 10.4 Å². The molecule has 1 N–H and O–H groups in total. The number of nitrogens with one attached hydrogen (secondary N) is 1. The third-order valence-corrected chi connectivity index (χ3v) is 3.98. The molecule has 0 aliphatic carbocycles. The van der Waals surface area contributed by atoms with E-state index < -0.39 is 11.7 Å². The molecule has 3 rings (SSSR count). The average molecular weight is 358 g/mol. The number of anilines is 1. The number of aromatic nitrogens is 2. The topological polar surface area (TPSA) is 42.2 Å². The van der Waals surface area contributed by atoms with Crippen molar-refractivity contribution < 1.29 is 13.2 Å². The highest BCUT2D eigenvalue weighted by Gasteiger charge is 2.29. The Balaban J connectivity index is 1.75. The molecule has 0 unspecified atom stereocenters. The summed E-state index contributed by atoms with van der Waals surface area (Å²) in [6.07, 6.45) is 0.800. The summed E-state index contributed by atoms with van der Waals surface area (Å²) in [6, 6.07) is 10.6. The second-order valence-corrected chi connectivity index (χ2v) is 5.82. The van der Waals surface area contributed by atoms with Crippen molar-refractivity contribution in [2.45, 2.75) is 20.0 Å². The van der Waals surface area contributed by atoms with Gasteiger partial charge in [-0.25, -0.2) is 0 Å². The monoisotopic (exact) mass is 358 g/mol. The molecule has 26 heavy (non-hydrogen) atoms. The van der Waals surface area contributed by atoms with E-state index in [4.69, 9.17) is 0 Å². The molecule has 0 saturated carbocycles. The Morgan fingerprint density at radius 1 is 1.12 bits per heavy atom. The van der Waals surface area contributed by atoms with E-state index in [0.717, 1.165) is 34.8 Å². The molecule has 0 fully saturated rings. The predicted octanol–water partition coefficient (Wildman–Crippen LogP) is 4.95. The first-order valence-corrected chi connectivity index (χ1v) is 7.92. The van der Waals surface area contributed by atoms with Crippen molar-refractivity contribution in [2.75, 3.05) is 5.43 Å². The van der Waals surface area contributed by atoms with Crippen LogP contribution in [0.15, 0.2) is 60.0 Å². The molecule has 0 radical (unpaired) electrons. The molecule has 0 amide bonds. The fourth-order valence-corrected chi connectivity index (χ4v) is 2.71. The Hall–Kier alpha value is -3.09. The van der Waals surface area contributed by atoms with E-state index >= 15 is 0 Å². The van der Waals surface area contributed by atoms with Crippen LogP contribution in [0.5, 0.6) is 0 Å². The normalized spacial score (nSPS) is 11.9. The standard InChI is InChI=1S/C19H17F3N4/c1-13-10-15(14(2)26(13)18-4-3-9-23-12-18)11-24-25-17-7-5-16(6-8-17)19(20,21)22/h3-12,25H,1-2H3/b24-11+. The lowest BCUT2D eigenvalue weighted by Gasteiger charge is -2.08. The van der Waals surface area contributed by atoms with Crippen LogP contribution in [0.3, 0.4) is 0 Å². The molecule has 2 aromatic heterocycles. The van der Waals surface area contributed by atoms with Crippen molar-refractivity contribution in [3.05, 3.63) is 77.4 Å². The molecule has 0 bridgehead atoms. The lowest BCUT2D eigenvalue weighted by Crippen LogP contribution is -2.04. The van der Waals surface area contributed by atoms with Crippen molar-refractivity contribution in [2.24, 2.45) is 5.10 Å². The summed E-state index contributed by atoms with van der Waals surface area (Å²) < 4.78 is 39.7. The number of pyridine rings is 1. The minimum absolute atomic E-state index is 0.482. The van der Waals surface area contributed by atoms with E-state index in [-0.39, 0.29) is 0 Å². The van der Waals surface area contributed by atoms with E-state index in [9.17, 15) is 13.2 Å². The maximum Gasteiger partial charge on any atom is 0.416 e. The number of hydrogen-bond donors (Lipinski definition) is 1. The maximum atomic E-state index is 12.6. The van der Waals surface area contributed by atoms with Gasteiger partial charge in [0.25, 0.3) is 0 Å². The molecular formula is C19H17F3N4. The van der Waals surface area contributed by atoms with Gasteiger partial charge in [-0.1, -0.05) is 0 Å². The highest BCUT2D eigenvalue weighted by molar-refractivity contribution is 5.82. The number of alkyl halides is 3. The first-order chi connectivity index (χ1) is 12.4. The van der Waals surface area contributed by atoms with E-state index in [0.29, 0.717) is 5.69 Å². The van der Waals surface area contributed by atoms with Gasteiger partial charge in [0, 0.05) is 23.1 Å². The van der Waals surface area contributed by atoms with Gasteiger partial charge in [0.15, 0.2) is 0 Å². The molecular weight excluding hydrogens is 341 g/mol. The van der Waals surface area contributed by atoms with Crippen molar-refractivity contribution in [1.29, 1.82) is 0 Å². The Labute approximate surface area is 149 Å². The average Bonchev–Trinajstić information content (AvgIpc) is 2.89. The number of benzene rings is 1. The minimum atomic E-state index is -4.34. The van der Waals surface area contributed by atoms with Crippen LogP contribution >= 0.6 is 0 Å². The van der Waals surface area contributed by atoms with Gasteiger partial charge in [-0.15, -0.1) is 0 Å². The Bertz CT molecular complexity index is 910. The second kappa shape index (κ2) is 7.03. The maximum absolute atomic E-state index is 12.6. The van der Waals surface area contributed by atoms with Gasteiger partial charge in [0.05, 0.1) is 29.3 Å². The lowest BCUT2D eigenvalue weighted by molar-refractivity contribution is -0.137. The molecule has 134 valence electrons.